The Morgan fingerprint density at radius 2 is 2.10 bits per heavy atom. The molecule has 1 aliphatic heterocycles. The van der Waals surface area contributed by atoms with Gasteiger partial charge in [-0.15, -0.1) is 0 Å². The zero-order valence-electron chi connectivity index (χ0n) is 10.6. The van der Waals surface area contributed by atoms with Crippen molar-refractivity contribution in [2.24, 2.45) is 0 Å². The number of nitrogens with zero attached hydrogens (tertiary/aromatic N) is 2. The first-order valence-electron chi connectivity index (χ1n) is 5.86. The molecule has 1 atom stereocenters. The predicted octanol–water partition coefficient (Wildman–Crippen LogP) is 2.67. The van der Waals surface area contributed by atoms with Crippen LogP contribution >= 0.6 is 23.2 Å². The van der Waals surface area contributed by atoms with E-state index in [1.165, 1.54) is 6.07 Å². The summed E-state index contributed by atoms with van der Waals surface area (Å²) < 4.78 is 0. The van der Waals surface area contributed by atoms with Gasteiger partial charge in [-0.2, -0.15) is 5.26 Å². The van der Waals surface area contributed by atoms with Gasteiger partial charge in [0.2, 0.25) is 0 Å². The molecular weight excluding hydrogens is 301 g/mol. The molecule has 1 heterocycles. The minimum Gasteiger partial charge on any atom is -0.319 e. The lowest BCUT2D eigenvalue weighted by Crippen LogP contribution is -2.41. The van der Waals surface area contributed by atoms with Crippen molar-refractivity contribution in [3.05, 3.63) is 33.8 Å². The van der Waals surface area contributed by atoms with Crippen LogP contribution in [0.25, 0.3) is 0 Å². The lowest BCUT2D eigenvalue weighted by Gasteiger charge is -2.23. The SMILES string of the molecule is CC1(c2ccc(Cl)cc2Cl)NC(=O)N(CCC#N)C1=O. The molecule has 1 saturated heterocycles. The number of hydrogen-bond donors (Lipinski definition) is 1. The fourth-order valence-electron chi connectivity index (χ4n) is 2.14. The molecule has 3 amide bonds. The molecule has 20 heavy (non-hydrogen) atoms. The largest absolute Gasteiger partial charge is 0.325 e. The normalized spacial score (nSPS) is 21.8. The van der Waals surface area contributed by atoms with E-state index in [4.69, 9.17) is 28.5 Å². The van der Waals surface area contributed by atoms with Crippen molar-refractivity contribution in [1.29, 1.82) is 5.26 Å². The summed E-state index contributed by atoms with van der Waals surface area (Å²) in [5.41, 5.74) is -0.768. The standard InChI is InChI=1S/C13H11Cl2N3O2/c1-13(9-4-3-8(14)7-10(9)15)11(19)18(6-2-5-16)12(20)17-13/h3-4,7H,2,6H2,1H3,(H,17,20). The summed E-state index contributed by atoms with van der Waals surface area (Å²) in [5.74, 6) is -0.429. The minimum atomic E-state index is -1.24. The van der Waals surface area contributed by atoms with Crippen molar-refractivity contribution in [3.8, 4) is 6.07 Å². The van der Waals surface area contributed by atoms with E-state index < -0.39 is 17.5 Å². The molecule has 1 N–H and O–H groups in total. The van der Waals surface area contributed by atoms with Crippen LogP contribution in [0.15, 0.2) is 18.2 Å². The Kier molecular flexibility index (Phi) is 3.89. The average Bonchev–Trinajstić information content (AvgIpc) is 2.59. The van der Waals surface area contributed by atoms with Crippen LogP contribution in [0.5, 0.6) is 0 Å². The molecule has 5 nitrogen and oxygen atoms in total. The second-order valence-corrected chi connectivity index (χ2v) is 5.39. The number of rotatable bonds is 3. The van der Waals surface area contributed by atoms with Gasteiger partial charge in [-0.05, 0) is 19.1 Å². The second kappa shape index (κ2) is 5.31. The van der Waals surface area contributed by atoms with Crippen molar-refractivity contribution in [2.75, 3.05) is 6.54 Å². The van der Waals surface area contributed by atoms with Crippen LogP contribution in [0.3, 0.4) is 0 Å². The first-order chi connectivity index (χ1) is 9.40. The van der Waals surface area contributed by atoms with Gasteiger partial charge in [0.1, 0.15) is 5.54 Å². The van der Waals surface area contributed by atoms with Crippen molar-refractivity contribution in [2.45, 2.75) is 18.9 Å². The van der Waals surface area contributed by atoms with Gasteiger partial charge in [0.25, 0.3) is 5.91 Å². The molecule has 0 spiro atoms. The Bertz CT molecular complexity index is 627. The van der Waals surface area contributed by atoms with Crippen molar-refractivity contribution in [1.82, 2.24) is 10.2 Å². The molecule has 0 aliphatic carbocycles. The zero-order chi connectivity index (χ0) is 14.9. The molecule has 1 fully saturated rings. The topological polar surface area (TPSA) is 73.2 Å². The predicted molar refractivity (Wildman–Crippen MR) is 74.3 cm³/mol. The van der Waals surface area contributed by atoms with Crippen molar-refractivity contribution >= 4 is 35.1 Å². The van der Waals surface area contributed by atoms with E-state index >= 15 is 0 Å². The summed E-state index contributed by atoms with van der Waals surface area (Å²) in [5, 5.41) is 11.9. The fraction of sp³-hybridized carbons (Fsp3) is 0.308. The van der Waals surface area contributed by atoms with Gasteiger partial charge in [-0.1, -0.05) is 29.3 Å². The number of carbonyl (C=O) groups excluding carboxylic acids is 2. The lowest BCUT2D eigenvalue weighted by molar-refractivity contribution is -0.131. The Morgan fingerprint density at radius 3 is 2.70 bits per heavy atom. The molecule has 0 aromatic heterocycles. The smallest absolute Gasteiger partial charge is 0.319 e. The van der Waals surface area contributed by atoms with Gasteiger partial charge in [-0.3, -0.25) is 9.69 Å². The van der Waals surface area contributed by atoms with Gasteiger partial charge in [0, 0.05) is 22.2 Å². The summed E-state index contributed by atoms with van der Waals surface area (Å²) in [6.45, 7) is 1.64. The number of carbonyl (C=O) groups is 2. The number of nitriles is 1. The maximum atomic E-state index is 12.4. The molecule has 1 unspecified atom stereocenters. The van der Waals surface area contributed by atoms with Gasteiger partial charge >= 0.3 is 6.03 Å². The lowest BCUT2D eigenvalue weighted by atomic mass is 9.92. The van der Waals surface area contributed by atoms with Gasteiger partial charge in [0.05, 0.1) is 12.5 Å². The van der Waals surface area contributed by atoms with E-state index in [-0.39, 0.29) is 13.0 Å². The molecule has 0 radical (unpaired) electrons. The maximum Gasteiger partial charge on any atom is 0.325 e. The summed E-state index contributed by atoms with van der Waals surface area (Å²) in [7, 11) is 0. The fourth-order valence-corrected chi connectivity index (χ4v) is 2.74. The second-order valence-electron chi connectivity index (χ2n) is 4.54. The quantitative estimate of drug-likeness (QED) is 0.872. The van der Waals surface area contributed by atoms with E-state index in [0.717, 1.165) is 4.90 Å². The molecular formula is C13H11Cl2N3O2. The molecule has 2 rings (SSSR count). The third-order valence-electron chi connectivity index (χ3n) is 3.19. The van der Waals surface area contributed by atoms with Crippen molar-refractivity contribution in [3.63, 3.8) is 0 Å². The molecule has 7 heteroatoms. The van der Waals surface area contributed by atoms with Gasteiger partial charge in [0.15, 0.2) is 0 Å². The highest BCUT2D eigenvalue weighted by atomic mass is 35.5. The van der Waals surface area contributed by atoms with E-state index in [1.54, 1.807) is 19.1 Å². The molecule has 1 aromatic carbocycles. The van der Waals surface area contributed by atoms with Crippen LogP contribution in [-0.4, -0.2) is 23.4 Å². The summed E-state index contributed by atoms with van der Waals surface area (Å²) >= 11 is 11.9. The summed E-state index contributed by atoms with van der Waals surface area (Å²) in [6.07, 6.45) is 0.0869. The monoisotopic (exact) mass is 311 g/mol. The minimum absolute atomic E-state index is 0.0575. The van der Waals surface area contributed by atoms with Crippen LogP contribution in [0, 0.1) is 11.3 Å². The first-order valence-corrected chi connectivity index (χ1v) is 6.62. The van der Waals surface area contributed by atoms with E-state index in [2.05, 4.69) is 5.32 Å². The number of urea groups is 1. The molecule has 1 aliphatic rings. The van der Waals surface area contributed by atoms with Crippen LogP contribution in [0.2, 0.25) is 10.0 Å². The highest BCUT2D eigenvalue weighted by Crippen LogP contribution is 2.34. The maximum absolute atomic E-state index is 12.4. The average molecular weight is 312 g/mol. The van der Waals surface area contributed by atoms with E-state index in [9.17, 15) is 9.59 Å². The number of benzene rings is 1. The van der Waals surface area contributed by atoms with E-state index in [1.807, 2.05) is 6.07 Å². The Balaban J connectivity index is 2.38. The molecule has 0 saturated carbocycles. The first kappa shape index (κ1) is 14.6. The summed E-state index contributed by atoms with van der Waals surface area (Å²) in [6, 6.07) is 6.10. The van der Waals surface area contributed by atoms with Crippen LogP contribution in [0.4, 0.5) is 4.79 Å². The highest BCUT2D eigenvalue weighted by Gasteiger charge is 2.49. The van der Waals surface area contributed by atoms with Crippen LogP contribution in [0.1, 0.15) is 18.9 Å². The highest BCUT2D eigenvalue weighted by molar-refractivity contribution is 6.35. The number of halogens is 2. The van der Waals surface area contributed by atoms with Crippen molar-refractivity contribution < 1.29 is 9.59 Å². The van der Waals surface area contributed by atoms with Gasteiger partial charge < -0.3 is 5.32 Å². The van der Waals surface area contributed by atoms with Crippen LogP contribution < -0.4 is 5.32 Å². The number of hydrogen-bond acceptors (Lipinski definition) is 3. The number of imide groups is 1. The molecule has 104 valence electrons. The third kappa shape index (κ3) is 2.33. The van der Waals surface area contributed by atoms with E-state index in [0.29, 0.717) is 15.6 Å². The van der Waals surface area contributed by atoms with Crippen LogP contribution in [-0.2, 0) is 10.3 Å². The third-order valence-corrected chi connectivity index (χ3v) is 3.74. The number of amides is 3. The Morgan fingerprint density at radius 1 is 1.40 bits per heavy atom. The Labute approximate surface area is 126 Å². The zero-order valence-corrected chi connectivity index (χ0v) is 12.1. The molecule has 1 aromatic rings. The van der Waals surface area contributed by atoms with Gasteiger partial charge in [-0.25, -0.2) is 4.79 Å². The Hall–Kier alpha value is -1.77. The summed E-state index contributed by atoms with van der Waals surface area (Å²) in [4.78, 5) is 25.3. The number of nitrogens with one attached hydrogen (secondary N) is 1. The molecule has 0 bridgehead atoms.